The zero-order valence-electron chi connectivity index (χ0n) is 10.8. The number of anilines is 1. The molecule has 6 heteroatoms. The molecule has 4 nitrogen and oxygen atoms in total. The average molecular weight is 312 g/mol. The lowest BCUT2D eigenvalue weighted by Gasteiger charge is -2.11. The Labute approximate surface area is 125 Å². The Kier molecular flexibility index (Phi) is 4.16. The van der Waals surface area contributed by atoms with Crippen LogP contribution in [-0.4, -0.2) is 5.91 Å². The molecule has 1 heterocycles. The second-order valence-corrected chi connectivity index (χ2v) is 5.04. The van der Waals surface area contributed by atoms with Gasteiger partial charge in [-0.3, -0.25) is 4.79 Å². The summed E-state index contributed by atoms with van der Waals surface area (Å²) in [6, 6.07) is 6.18. The van der Waals surface area contributed by atoms with Gasteiger partial charge in [0.15, 0.2) is 0 Å². The van der Waals surface area contributed by atoms with Crippen molar-refractivity contribution in [2.45, 2.75) is 13.8 Å². The van der Waals surface area contributed by atoms with Crippen LogP contribution >= 0.6 is 23.2 Å². The van der Waals surface area contributed by atoms with Crippen LogP contribution in [0, 0.1) is 13.8 Å². The zero-order valence-corrected chi connectivity index (χ0v) is 12.3. The summed E-state index contributed by atoms with van der Waals surface area (Å²) in [4.78, 5) is 23.5. The summed E-state index contributed by atoms with van der Waals surface area (Å²) < 4.78 is 4.93. The molecule has 0 saturated heterocycles. The molecule has 0 bridgehead atoms. The third-order valence-corrected chi connectivity index (χ3v) is 3.39. The lowest BCUT2D eigenvalue weighted by atomic mass is 10.1. The van der Waals surface area contributed by atoms with Crippen molar-refractivity contribution in [3.63, 3.8) is 0 Å². The second-order valence-electron chi connectivity index (χ2n) is 4.23. The monoisotopic (exact) mass is 311 g/mol. The Bertz CT molecular complexity index is 691. The highest BCUT2D eigenvalue weighted by atomic mass is 35.5. The summed E-state index contributed by atoms with van der Waals surface area (Å²) in [5.41, 5.74) is 0.651. The summed E-state index contributed by atoms with van der Waals surface area (Å²) in [5, 5.41) is 3.29. The first-order valence-corrected chi connectivity index (χ1v) is 6.52. The number of aryl methyl sites for hydroxylation is 2. The standard InChI is InChI=1S/C14H11Cl2NO3/c1-7-6-11(18)20-8(2)12(7)14(19)17-13-9(15)4-3-5-10(13)16/h3-6H,1-2H3,(H,17,19). The van der Waals surface area contributed by atoms with Crippen LogP contribution in [0.25, 0.3) is 0 Å². The molecule has 0 aliphatic heterocycles. The van der Waals surface area contributed by atoms with E-state index < -0.39 is 11.5 Å². The number of hydrogen-bond donors (Lipinski definition) is 1. The van der Waals surface area contributed by atoms with Crippen LogP contribution in [-0.2, 0) is 0 Å². The summed E-state index contributed by atoms with van der Waals surface area (Å²) >= 11 is 12.0. The lowest BCUT2D eigenvalue weighted by molar-refractivity contribution is 0.102. The minimum absolute atomic E-state index is 0.246. The quantitative estimate of drug-likeness (QED) is 0.917. The first kappa shape index (κ1) is 14.6. The van der Waals surface area contributed by atoms with Crippen molar-refractivity contribution in [3.05, 3.63) is 61.6 Å². The zero-order chi connectivity index (χ0) is 14.9. The highest BCUT2D eigenvalue weighted by molar-refractivity contribution is 6.40. The molecule has 1 aromatic heterocycles. The van der Waals surface area contributed by atoms with Gasteiger partial charge in [-0.2, -0.15) is 0 Å². The van der Waals surface area contributed by atoms with Gasteiger partial charge in [-0.05, 0) is 31.5 Å². The third-order valence-electron chi connectivity index (χ3n) is 2.76. The molecule has 1 aromatic carbocycles. The number of carbonyl (C=O) groups excluding carboxylic acids is 1. The molecule has 0 spiro atoms. The van der Waals surface area contributed by atoms with Crippen LogP contribution in [0.5, 0.6) is 0 Å². The van der Waals surface area contributed by atoms with Crippen LogP contribution < -0.4 is 10.9 Å². The van der Waals surface area contributed by atoms with Crippen molar-refractivity contribution in [1.29, 1.82) is 0 Å². The molecule has 0 fully saturated rings. The Morgan fingerprint density at radius 1 is 1.20 bits per heavy atom. The molecule has 20 heavy (non-hydrogen) atoms. The Hall–Kier alpha value is -1.78. The van der Waals surface area contributed by atoms with E-state index in [0.29, 0.717) is 26.9 Å². The predicted molar refractivity (Wildman–Crippen MR) is 78.9 cm³/mol. The second kappa shape index (κ2) is 5.69. The fourth-order valence-corrected chi connectivity index (χ4v) is 2.38. The Morgan fingerprint density at radius 3 is 2.35 bits per heavy atom. The van der Waals surface area contributed by atoms with Gasteiger partial charge >= 0.3 is 5.63 Å². The molecule has 0 radical (unpaired) electrons. The van der Waals surface area contributed by atoms with E-state index in [9.17, 15) is 9.59 Å². The largest absolute Gasteiger partial charge is 0.427 e. The molecule has 104 valence electrons. The predicted octanol–water partition coefficient (Wildman–Crippen LogP) is 3.82. The van der Waals surface area contributed by atoms with Gasteiger partial charge in [0.2, 0.25) is 0 Å². The van der Waals surface area contributed by atoms with Gasteiger partial charge in [0, 0.05) is 6.07 Å². The van der Waals surface area contributed by atoms with Gasteiger partial charge < -0.3 is 9.73 Å². The van der Waals surface area contributed by atoms with E-state index in [2.05, 4.69) is 5.32 Å². The number of nitrogens with one attached hydrogen (secondary N) is 1. The minimum atomic E-state index is -0.493. The molecule has 1 amide bonds. The number of benzene rings is 1. The fourth-order valence-electron chi connectivity index (χ4n) is 1.89. The van der Waals surface area contributed by atoms with Crippen LogP contribution in [0.15, 0.2) is 33.5 Å². The first-order valence-electron chi connectivity index (χ1n) is 5.77. The van der Waals surface area contributed by atoms with Gasteiger partial charge in [0.1, 0.15) is 5.76 Å². The molecule has 0 unspecified atom stereocenters. The Balaban J connectivity index is 2.41. The highest BCUT2D eigenvalue weighted by Crippen LogP contribution is 2.30. The van der Waals surface area contributed by atoms with Crippen molar-refractivity contribution < 1.29 is 9.21 Å². The van der Waals surface area contributed by atoms with Gasteiger partial charge in [-0.1, -0.05) is 29.3 Å². The van der Waals surface area contributed by atoms with E-state index in [1.165, 1.54) is 6.07 Å². The van der Waals surface area contributed by atoms with E-state index in [-0.39, 0.29) is 5.76 Å². The maximum Gasteiger partial charge on any atom is 0.336 e. The van der Waals surface area contributed by atoms with E-state index in [1.807, 2.05) is 0 Å². The van der Waals surface area contributed by atoms with Crippen LogP contribution in [0.1, 0.15) is 21.7 Å². The fraction of sp³-hybridized carbons (Fsp3) is 0.143. The lowest BCUT2D eigenvalue weighted by Crippen LogP contribution is -2.17. The van der Waals surface area contributed by atoms with Gasteiger partial charge in [0.25, 0.3) is 5.91 Å². The first-order chi connectivity index (χ1) is 9.40. The van der Waals surface area contributed by atoms with E-state index in [0.717, 1.165) is 0 Å². The van der Waals surface area contributed by atoms with E-state index >= 15 is 0 Å². The van der Waals surface area contributed by atoms with Crippen molar-refractivity contribution in [1.82, 2.24) is 0 Å². The van der Waals surface area contributed by atoms with Crippen molar-refractivity contribution >= 4 is 34.8 Å². The number of carbonyl (C=O) groups is 1. The Morgan fingerprint density at radius 2 is 1.80 bits per heavy atom. The number of para-hydroxylation sites is 1. The van der Waals surface area contributed by atoms with Gasteiger partial charge in [0.05, 0.1) is 21.3 Å². The summed E-state index contributed by atoms with van der Waals surface area (Å²) in [6.45, 7) is 3.21. The number of rotatable bonds is 2. The molecule has 0 aliphatic rings. The summed E-state index contributed by atoms with van der Waals surface area (Å²) in [7, 11) is 0. The molecule has 2 rings (SSSR count). The highest BCUT2D eigenvalue weighted by Gasteiger charge is 2.17. The summed E-state index contributed by atoms with van der Waals surface area (Å²) in [6.07, 6.45) is 0. The molecule has 0 aliphatic carbocycles. The maximum absolute atomic E-state index is 12.3. The molecule has 1 N–H and O–H groups in total. The van der Waals surface area contributed by atoms with Crippen LogP contribution in [0.2, 0.25) is 10.0 Å². The minimum Gasteiger partial charge on any atom is -0.427 e. The van der Waals surface area contributed by atoms with Crippen LogP contribution in [0.4, 0.5) is 5.69 Å². The van der Waals surface area contributed by atoms with Gasteiger partial charge in [-0.15, -0.1) is 0 Å². The summed E-state index contributed by atoms with van der Waals surface area (Å²) in [5.74, 6) is -0.186. The molecule has 0 atom stereocenters. The molecule has 2 aromatic rings. The average Bonchev–Trinajstić information content (AvgIpc) is 2.32. The smallest absolute Gasteiger partial charge is 0.336 e. The molecule has 0 saturated carbocycles. The molecular weight excluding hydrogens is 301 g/mol. The van der Waals surface area contributed by atoms with Crippen molar-refractivity contribution in [3.8, 4) is 0 Å². The normalized spacial score (nSPS) is 10.4. The number of amides is 1. The van der Waals surface area contributed by atoms with Crippen molar-refractivity contribution in [2.75, 3.05) is 5.32 Å². The molecular formula is C14H11Cl2NO3. The maximum atomic E-state index is 12.3. The van der Waals surface area contributed by atoms with E-state index in [4.69, 9.17) is 27.6 Å². The number of halogens is 2. The third kappa shape index (κ3) is 2.86. The topological polar surface area (TPSA) is 59.3 Å². The van der Waals surface area contributed by atoms with E-state index in [1.54, 1.807) is 32.0 Å². The van der Waals surface area contributed by atoms with Crippen LogP contribution in [0.3, 0.4) is 0 Å². The number of hydrogen-bond acceptors (Lipinski definition) is 3. The van der Waals surface area contributed by atoms with Crippen molar-refractivity contribution in [2.24, 2.45) is 0 Å². The SMILES string of the molecule is Cc1cc(=O)oc(C)c1C(=O)Nc1c(Cl)cccc1Cl. The van der Waals surface area contributed by atoms with Gasteiger partial charge in [-0.25, -0.2) is 4.79 Å².